The Labute approximate surface area is 121 Å². The van der Waals surface area contributed by atoms with Crippen molar-refractivity contribution >= 4 is 5.82 Å². The zero-order chi connectivity index (χ0) is 14.2. The Morgan fingerprint density at radius 2 is 2.15 bits per heavy atom. The predicted octanol–water partition coefficient (Wildman–Crippen LogP) is 2.41. The van der Waals surface area contributed by atoms with Gasteiger partial charge < -0.3 is 15.0 Å². The first-order valence-corrected chi connectivity index (χ1v) is 7.65. The van der Waals surface area contributed by atoms with Gasteiger partial charge in [0.2, 0.25) is 5.88 Å². The van der Waals surface area contributed by atoms with Crippen molar-refractivity contribution < 1.29 is 4.74 Å². The number of rotatable bonds is 7. The van der Waals surface area contributed by atoms with Crippen LogP contribution in [-0.4, -0.2) is 48.2 Å². The van der Waals surface area contributed by atoms with Crippen LogP contribution in [-0.2, 0) is 0 Å². The number of aromatic nitrogens is 2. The van der Waals surface area contributed by atoms with E-state index in [1.165, 1.54) is 32.4 Å². The van der Waals surface area contributed by atoms with Gasteiger partial charge in [-0.05, 0) is 51.7 Å². The molecule has 5 nitrogen and oxygen atoms in total. The SMILES string of the molecule is CCCOc1cc(NCCC2CCN(C)CC2)ncn1. The molecular weight excluding hydrogens is 252 g/mol. The third-order valence-corrected chi connectivity index (χ3v) is 3.79. The van der Waals surface area contributed by atoms with Gasteiger partial charge in [-0.15, -0.1) is 0 Å². The molecule has 0 aromatic carbocycles. The third kappa shape index (κ3) is 4.96. The van der Waals surface area contributed by atoms with Crippen molar-refractivity contribution in [2.45, 2.75) is 32.6 Å². The summed E-state index contributed by atoms with van der Waals surface area (Å²) in [6.07, 6.45) is 6.38. The lowest BCUT2D eigenvalue weighted by molar-refractivity contribution is 0.215. The van der Waals surface area contributed by atoms with Gasteiger partial charge in [0.05, 0.1) is 6.61 Å². The summed E-state index contributed by atoms with van der Waals surface area (Å²) in [5.74, 6) is 2.36. The lowest BCUT2D eigenvalue weighted by atomic mass is 9.94. The molecule has 5 heteroatoms. The molecule has 0 aliphatic carbocycles. The first-order chi connectivity index (χ1) is 9.78. The van der Waals surface area contributed by atoms with Crippen molar-refractivity contribution in [3.8, 4) is 5.88 Å². The van der Waals surface area contributed by atoms with Crippen molar-refractivity contribution in [1.29, 1.82) is 0 Å². The molecule has 20 heavy (non-hydrogen) atoms. The number of hydrogen-bond acceptors (Lipinski definition) is 5. The minimum atomic E-state index is 0.656. The third-order valence-electron chi connectivity index (χ3n) is 3.79. The number of hydrogen-bond donors (Lipinski definition) is 1. The summed E-state index contributed by atoms with van der Waals surface area (Å²) in [4.78, 5) is 10.7. The fraction of sp³-hybridized carbons (Fsp3) is 0.733. The van der Waals surface area contributed by atoms with E-state index < -0.39 is 0 Å². The topological polar surface area (TPSA) is 50.3 Å². The number of likely N-dealkylation sites (tertiary alicyclic amines) is 1. The normalized spacial score (nSPS) is 17.1. The Balaban J connectivity index is 1.70. The second-order valence-corrected chi connectivity index (χ2v) is 5.55. The van der Waals surface area contributed by atoms with Crippen LogP contribution in [0.2, 0.25) is 0 Å². The number of nitrogens with zero attached hydrogens (tertiary/aromatic N) is 3. The number of piperidine rings is 1. The summed E-state index contributed by atoms with van der Waals surface area (Å²) in [7, 11) is 2.20. The molecule has 1 aliphatic heterocycles. The highest BCUT2D eigenvalue weighted by molar-refractivity contribution is 5.36. The average molecular weight is 278 g/mol. The first-order valence-electron chi connectivity index (χ1n) is 7.65. The van der Waals surface area contributed by atoms with Crippen LogP contribution in [0.1, 0.15) is 32.6 Å². The Kier molecular flexibility index (Phi) is 6.05. The number of ether oxygens (including phenoxy) is 1. The largest absolute Gasteiger partial charge is 0.478 e. The van der Waals surface area contributed by atoms with E-state index in [4.69, 9.17) is 4.74 Å². The standard InChI is InChI=1S/C15H26N4O/c1-3-10-20-15-11-14(17-12-18-15)16-7-4-13-5-8-19(2)9-6-13/h11-13H,3-10H2,1-2H3,(H,16,17,18). The maximum Gasteiger partial charge on any atom is 0.218 e. The van der Waals surface area contributed by atoms with Crippen LogP contribution in [0.5, 0.6) is 5.88 Å². The second-order valence-electron chi connectivity index (χ2n) is 5.55. The summed E-state index contributed by atoms with van der Waals surface area (Å²) < 4.78 is 5.51. The highest BCUT2D eigenvalue weighted by atomic mass is 16.5. The second kappa shape index (κ2) is 8.04. The van der Waals surface area contributed by atoms with Gasteiger partial charge in [-0.25, -0.2) is 9.97 Å². The molecule has 0 bridgehead atoms. The summed E-state index contributed by atoms with van der Waals surface area (Å²) in [5, 5.41) is 3.38. The van der Waals surface area contributed by atoms with E-state index in [9.17, 15) is 0 Å². The van der Waals surface area contributed by atoms with Crippen molar-refractivity contribution in [1.82, 2.24) is 14.9 Å². The van der Waals surface area contributed by atoms with Crippen molar-refractivity contribution in [3.63, 3.8) is 0 Å². The van der Waals surface area contributed by atoms with Crippen molar-refractivity contribution in [3.05, 3.63) is 12.4 Å². The van der Waals surface area contributed by atoms with Gasteiger partial charge in [0.15, 0.2) is 0 Å². The first kappa shape index (κ1) is 15.0. The lowest BCUT2D eigenvalue weighted by Crippen LogP contribution is -2.30. The Hall–Kier alpha value is -1.36. The van der Waals surface area contributed by atoms with E-state index >= 15 is 0 Å². The monoisotopic (exact) mass is 278 g/mol. The molecule has 1 aromatic rings. The van der Waals surface area contributed by atoms with Crippen LogP contribution < -0.4 is 10.1 Å². The van der Waals surface area contributed by atoms with Crippen LogP contribution in [0.25, 0.3) is 0 Å². The maximum absolute atomic E-state index is 5.51. The number of nitrogens with one attached hydrogen (secondary N) is 1. The molecule has 0 radical (unpaired) electrons. The highest BCUT2D eigenvalue weighted by Crippen LogP contribution is 2.19. The fourth-order valence-corrected chi connectivity index (χ4v) is 2.48. The van der Waals surface area contributed by atoms with Gasteiger partial charge in [0.25, 0.3) is 0 Å². The van der Waals surface area contributed by atoms with E-state index in [2.05, 4.69) is 34.2 Å². The van der Waals surface area contributed by atoms with E-state index in [1.807, 2.05) is 6.07 Å². The molecule has 0 spiro atoms. The lowest BCUT2D eigenvalue weighted by Gasteiger charge is -2.28. The van der Waals surface area contributed by atoms with Crippen molar-refractivity contribution in [2.24, 2.45) is 5.92 Å². The zero-order valence-corrected chi connectivity index (χ0v) is 12.6. The molecule has 1 saturated heterocycles. The Morgan fingerprint density at radius 1 is 1.35 bits per heavy atom. The van der Waals surface area contributed by atoms with Gasteiger partial charge >= 0.3 is 0 Å². The van der Waals surface area contributed by atoms with Crippen LogP contribution in [0.3, 0.4) is 0 Å². The molecule has 0 unspecified atom stereocenters. The molecule has 1 N–H and O–H groups in total. The quantitative estimate of drug-likeness (QED) is 0.830. The van der Waals surface area contributed by atoms with E-state index in [0.29, 0.717) is 12.5 Å². The highest BCUT2D eigenvalue weighted by Gasteiger charge is 2.15. The summed E-state index contributed by atoms with van der Waals surface area (Å²) in [5.41, 5.74) is 0. The molecule has 1 fully saturated rings. The fourth-order valence-electron chi connectivity index (χ4n) is 2.48. The Morgan fingerprint density at radius 3 is 2.90 bits per heavy atom. The van der Waals surface area contributed by atoms with Gasteiger partial charge in [-0.1, -0.05) is 6.92 Å². The molecule has 0 atom stereocenters. The van der Waals surface area contributed by atoms with Gasteiger partial charge in [-0.3, -0.25) is 0 Å². The summed E-state index contributed by atoms with van der Waals surface area (Å²) >= 11 is 0. The van der Waals surface area contributed by atoms with E-state index in [-0.39, 0.29) is 0 Å². The molecule has 0 amide bonds. The molecule has 2 heterocycles. The zero-order valence-electron chi connectivity index (χ0n) is 12.6. The molecule has 112 valence electrons. The minimum absolute atomic E-state index is 0.656. The molecule has 2 rings (SSSR count). The minimum Gasteiger partial charge on any atom is -0.478 e. The van der Waals surface area contributed by atoms with Crippen LogP contribution in [0.15, 0.2) is 12.4 Å². The average Bonchev–Trinajstić information content (AvgIpc) is 2.48. The Bertz CT molecular complexity index is 391. The predicted molar refractivity (Wildman–Crippen MR) is 81.1 cm³/mol. The van der Waals surface area contributed by atoms with Gasteiger partial charge in [-0.2, -0.15) is 0 Å². The van der Waals surface area contributed by atoms with Crippen LogP contribution >= 0.6 is 0 Å². The molecule has 0 saturated carbocycles. The number of anilines is 1. The van der Waals surface area contributed by atoms with Crippen molar-refractivity contribution in [2.75, 3.05) is 38.6 Å². The van der Waals surface area contributed by atoms with Crippen LogP contribution in [0.4, 0.5) is 5.82 Å². The van der Waals surface area contributed by atoms with Gasteiger partial charge in [0.1, 0.15) is 12.1 Å². The van der Waals surface area contributed by atoms with Crippen LogP contribution in [0, 0.1) is 5.92 Å². The maximum atomic E-state index is 5.51. The summed E-state index contributed by atoms with van der Waals surface area (Å²) in [6.45, 7) is 6.22. The smallest absolute Gasteiger partial charge is 0.218 e. The van der Waals surface area contributed by atoms with E-state index in [0.717, 1.165) is 24.7 Å². The molecular formula is C15H26N4O. The van der Waals surface area contributed by atoms with Gasteiger partial charge in [0, 0.05) is 12.6 Å². The van der Waals surface area contributed by atoms with E-state index in [1.54, 1.807) is 6.33 Å². The summed E-state index contributed by atoms with van der Waals surface area (Å²) in [6, 6.07) is 1.88. The molecule has 1 aromatic heterocycles. The molecule has 1 aliphatic rings.